The predicted octanol–water partition coefficient (Wildman–Crippen LogP) is 2.11. The molecule has 2 nitrogen and oxygen atoms in total. The van der Waals surface area contributed by atoms with E-state index in [-0.39, 0.29) is 11.8 Å². The van der Waals surface area contributed by atoms with Crippen molar-refractivity contribution in [1.29, 1.82) is 0 Å². The topological polar surface area (TPSA) is 29.1 Å². The van der Waals surface area contributed by atoms with E-state index in [4.69, 9.17) is 0 Å². The number of rotatable bonds is 5. The molecule has 0 saturated carbocycles. The number of nitrogens with one attached hydrogen (secondary N) is 1. The van der Waals surface area contributed by atoms with Gasteiger partial charge in [-0.15, -0.1) is 0 Å². The van der Waals surface area contributed by atoms with Gasteiger partial charge >= 0.3 is 0 Å². The summed E-state index contributed by atoms with van der Waals surface area (Å²) in [5.41, 5.74) is 0. The van der Waals surface area contributed by atoms with Crippen LogP contribution < -0.4 is 5.32 Å². The second-order valence-electron chi connectivity index (χ2n) is 2.81. The van der Waals surface area contributed by atoms with Crippen molar-refractivity contribution in [2.24, 2.45) is 5.92 Å². The Hall–Kier alpha value is -0.530. The molecule has 1 N–H and O–H groups in total. The molecule has 0 aromatic rings. The fourth-order valence-corrected chi connectivity index (χ4v) is 0.645. The molecule has 1 amide bonds. The minimum Gasteiger partial charge on any atom is -0.351 e. The summed E-state index contributed by atoms with van der Waals surface area (Å²) in [5.74, 6) is 0.282. The lowest BCUT2D eigenvalue weighted by Gasteiger charge is -2.08. The third-order valence-corrected chi connectivity index (χ3v) is 1.74. The molecule has 0 saturated heterocycles. The minimum atomic E-state index is 0.140. The van der Waals surface area contributed by atoms with Crippen molar-refractivity contribution in [2.75, 3.05) is 0 Å². The van der Waals surface area contributed by atoms with Crippen molar-refractivity contribution < 1.29 is 4.79 Å². The number of carbonyl (C=O) groups is 1. The molecule has 0 aromatic heterocycles. The van der Waals surface area contributed by atoms with Gasteiger partial charge < -0.3 is 5.32 Å². The first-order valence-electron chi connectivity index (χ1n) is 4.34. The third kappa shape index (κ3) is 4.82. The van der Waals surface area contributed by atoms with Crippen molar-refractivity contribution in [3.63, 3.8) is 0 Å². The van der Waals surface area contributed by atoms with E-state index in [1.165, 1.54) is 0 Å². The lowest BCUT2D eigenvalue weighted by Crippen LogP contribution is -2.26. The van der Waals surface area contributed by atoms with Crippen LogP contribution in [0.1, 0.15) is 40.0 Å². The van der Waals surface area contributed by atoms with Crippen molar-refractivity contribution in [2.45, 2.75) is 40.0 Å². The largest absolute Gasteiger partial charge is 0.351 e. The summed E-state index contributed by atoms with van der Waals surface area (Å²) in [6, 6.07) is 0. The number of unbranched alkanes of at least 4 members (excludes halogenated alkanes) is 1. The first kappa shape index (κ1) is 10.5. The SMILES string of the molecule is CCC[CH]NC(=O)C(C)CC. The van der Waals surface area contributed by atoms with E-state index < -0.39 is 0 Å². The molecule has 0 aliphatic heterocycles. The van der Waals surface area contributed by atoms with E-state index in [1.54, 1.807) is 0 Å². The van der Waals surface area contributed by atoms with Crippen LogP contribution in [0.3, 0.4) is 0 Å². The van der Waals surface area contributed by atoms with Crippen LogP contribution in [0.5, 0.6) is 0 Å². The second-order valence-corrected chi connectivity index (χ2v) is 2.81. The van der Waals surface area contributed by atoms with Gasteiger partial charge in [0.25, 0.3) is 0 Å². The molecule has 65 valence electrons. The average Bonchev–Trinajstić information content (AvgIpc) is 2.03. The summed E-state index contributed by atoms with van der Waals surface area (Å²) in [5, 5.41) is 2.77. The van der Waals surface area contributed by atoms with Gasteiger partial charge in [-0.2, -0.15) is 0 Å². The molecular weight excluding hydrogens is 138 g/mol. The molecular formula is C9H18NO. The number of carbonyl (C=O) groups excluding carboxylic acids is 1. The van der Waals surface area contributed by atoms with Gasteiger partial charge in [-0.1, -0.05) is 27.2 Å². The molecule has 1 unspecified atom stereocenters. The highest BCUT2D eigenvalue weighted by Gasteiger charge is 2.08. The van der Waals surface area contributed by atoms with Gasteiger partial charge in [-0.05, 0) is 12.8 Å². The maximum absolute atomic E-state index is 11.1. The molecule has 0 aliphatic carbocycles. The number of hydrogen-bond donors (Lipinski definition) is 1. The van der Waals surface area contributed by atoms with E-state index in [0.717, 1.165) is 19.3 Å². The zero-order chi connectivity index (χ0) is 8.69. The van der Waals surface area contributed by atoms with E-state index in [0.29, 0.717) is 0 Å². The normalized spacial score (nSPS) is 12.6. The summed E-state index contributed by atoms with van der Waals surface area (Å²) in [4.78, 5) is 11.1. The van der Waals surface area contributed by atoms with Gasteiger partial charge in [-0.25, -0.2) is 0 Å². The van der Waals surface area contributed by atoms with Gasteiger partial charge in [0.2, 0.25) is 5.91 Å². The van der Waals surface area contributed by atoms with Gasteiger partial charge in [0, 0.05) is 12.5 Å². The van der Waals surface area contributed by atoms with Crippen molar-refractivity contribution in [3.05, 3.63) is 6.54 Å². The van der Waals surface area contributed by atoms with E-state index in [9.17, 15) is 4.79 Å². The van der Waals surface area contributed by atoms with Gasteiger partial charge in [0.1, 0.15) is 0 Å². The Morgan fingerprint density at radius 2 is 2.18 bits per heavy atom. The fraction of sp³-hybridized carbons (Fsp3) is 0.778. The molecule has 0 aliphatic rings. The Balaban J connectivity index is 3.36. The Bertz CT molecular complexity index is 112. The molecule has 0 spiro atoms. The van der Waals surface area contributed by atoms with E-state index in [2.05, 4.69) is 12.2 Å². The predicted molar refractivity (Wildman–Crippen MR) is 46.8 cm³/mol. The summed E-state index contributed by atoms with van der Waals surface area (Å²) in [7, 11) is 0. The Labute approximate surface area is 69.4 Å². The number of hydrogen-bond acceptors (Lipinski definition) is 1. The van der Waals surface area contributed by atoms with Crippen LogP contribution in [-0.4, -0.2) is 5.91 Å². The first-order valence-corrected chi connectivity index (χ1v) is 4.34. The fourth-order valence-electron chi connectivity index (χ4n) is 0.645. The van der Waals surface area contributed by atoms with Crippen LogP contribution in [0.2, 0.25) is 0 Å². The smallest absolute Gasteiger partial charge is 0.223 e. The van der Waals surface area contributed by atoms with E-state index >= 15 is 0 Å². The van der Waals surface area contributed by atoms with E-state index in [1.807, 2.05) is 20.4 Å². The van der Waals surface area contributed by atoms with Crippen molar-refractivity contribution >= 4 is 5.91 Å². The minimum absolute atomic E-state index is 0.140. The zero-order valence-electron chi connectivity index (χ0n) is 7.68. The van der Waals surface area contributed by atoms with Crippen LogP contribution in [0.4, 0.5) is 0 Å². The van der Waals surface area contributed by atoms with Crippen LogP contribution in [0.15, 0.2) is 0 Å². The molecule has 0 bridgehead atoms. The highest BCUT2D eigenvalue weighted by molar-refractivity contribution is 5.78. The summed E-state index contributed by atoms with van der Waals surface area (Å²) >= 11 is 0. The summed E-state index contributed by atoms with van der Waals surface area (Å²) in [6.07, 6.45) is 2.95. The Morgan fingerprint density at radius 3 is 2.64 bits per heavy atom. The highest BCUT2D eigenvalue weighted by Crippen LogP contribution is 2.00. The van der Waals surface area contributed by atoms with Crippen LogP contribution in [0.25, 0.3) is 0 Å². The van der Waals surface area contributed by atoms with Gasteiger partial charge in [0.15, 0.2) is 0 Å². The maximum atomic E-state index is 11.1. The van der Waals surface area contributed by atoms with Crippen LogP contribution in [0, 0.1) is 12.5 Å². The van der Waals surface area contributed by atoms with Crippen LogP contribution in [-0.2, 0) is 4.79 Å². The quantitative estimate of drug-likeness (QED) is 0.607. The van der Waals surface area contributed by atoms with Gasteiger partial charge in [0.05, 0.1) is 0 Å². The standard InChI is InChI=1S/C9H18NO/c1-4-6-7-10-9(11)8(3)5-2/h7-8H,4-6H2,1-3H3,(H,10,11). The zero-order valence-corrected chi connectivity index (χ0v) is 7.68. The van der Waals surface area contributed by atoms with Gasteiger partial charge in [-0.3, -0.25) is 4.79 Å². The average molecular weight is 156 g/mol. The highest BCUT2D eigenvalue weighted by atomic mass is 16.1. The first-order chi connectivity index (χ1) is 5.22. The third-order valence-electron chi connectivity index (χ3n) is 1.74. The maximum Gasteiger partial charge on any atom is 0.223 e. The summed E-state index contributed by atoms with van der Waals surface area (Å²) in [6.45, 7) is 7.89. The molecule has 0 fully saturated rings. The lowest BCUT2D eigenvalue weighted by molar-refractivity contribution is -0.123. The van der Waals surface area contributed by atoms with Crippen LogP contribution >= 0.6 is 0 Å². The molecule has 1 atom stereocenters. The monoisotopic (exact) mass is 156 g/mol. The molecule has 2 heteroatoms. The summed E-state index contributed by atoms with van der Waals surface area (Å²) < 4.78 is 0. The molecule has 0 heterocycles. The second kappa shape index (κ2) is 6.20. The molecule has 0 rings (SSSR count). The Kier molecular flexibility index (Phi) is 5.90. The molecule has 0 aromatic carbocycles. The molecule has 1 radical (unpaired) electrons. The Morgan fingerprint density at radius 1 is 1.55 bits per heavy atom. The van der Waals surface area contributed by atoms with Crippen molar-refractivity contribution in [1.82, 2.24) is 5.32 Å². The number of amides is 1. The molecule has 11 heavy (non-hydrogen) atoms. The van der Waals surface area contributed by atoms with Crippen molar-refractivity contribution in [3.8, 4) is 0 Å². The lowest BCUT2D eigenvalue weighted by atomic mass is 10.1.